The van der Waals surface area contributed by atoms with Gasteiger partial charge < -0.3 is 15.7 Å². The third-order valence-corrected chi connectivity index (χ3v) is 3.32. The molecule has 0 aromatic heterocycles. The third kappa shape index (κ3) is 4.47. The van der Waals surface area contributed by atoms with Crippen molar-refractivity contribution < 1.29 is 9.94 Å². The van der Waals surface area contributed by atoms with Gasteiger partial charge in [-0.2, -0.15) is 0 Å². The van der Waals surface area contributed by atoms with Gasteiger partial charge in [0.15, 0.2) is 0 Å². The lowest BCUT2D eigenvalue weighted by Crippen LogP contribution is -2.33. The maximum absolute atomic E-state index is 8.71. The van der Waals surface area contributed by atoms with Crippen LogP contribution in [0.5, 0.6) is 5.75 Å². The van der Waals surface area contributed by atoms with Crippen molar-refractivity contribution in [3.8, 4) is 5.75 Å². The Balaban J connectivity index is 2.56. The fourth-order valence-corrected chi connectivity index (χ4v) is 1.65. The van der Waals surface area contributed by atoms with Crippen LogP contribution in [0.25, 0.3) is 0 Å². The Hall–Kier alpha value is -1.71. The summed E-state index contributed by atoms with van der Waals surface area (Å²) in [6.07, 6.45) is 0.689. The number of ether oxygens (including phenoxy) is 1. The van der Waals surface area contributed by atoms with Gasteiger partial charge in [0.1, 0.15) is 11.6 Å². The molecular weight excluding hydrogens is 240 g/mol. The van der Waals surface area contributed by atoms with E-state index in [0.29, 0.717) is 18.9 Å². The summed E-state index contributed by atoms with van der Waals surface area (Å²) in [4.78, 5) is 0. The van der Waals surface area contributed by atoms with E-state index in [2.05, 4.69) is 31.1 Å². The van der Waals surface area contributed by atoms with E-state index >= 15 is 0 Å². The lowest BCUT2D eigenvalue weighted by Gasteiger charge is -2.22. The second-order valence-electron chi connectivity index (χ2n) is 5.69. The Kier molecular flexibility index (Phi) is 5.21. The van der Waals surface area contributed by atoms with Crippen LogP contribution < -0.4 is 10.5 Å². The Morgan fingerprint density at radius 2 is 2.11 bits per heavy atom. The van der Waals surface area contributed by atoms with Gasteiger partial charge in [-0.3, -0.25) is 0 Å². The van der Waals surface area contributed by atoms with Crippen molar-refractivity contribution in [2.75, 3.05) is 6.61 Å². The first-order valence-electron chi connectivity index (χ1n) is 6.57. The highest BCUT2D eigenvalue weighted by molar-refractivity contribution is 5.85. The first-order valence-corrected chi connectivity index (χ1v) is 6.57. The minimum absolute atomic E-state index is 0.229. The second-order valence-corrected chi connectivity index (χ2v) is 5.69. The molecule has 0 spiro atoms. The van der Waals surface area contributed by atoms with E-state index in [4.69, 9.17) is 15.7 Å². The van der Waals surface area contributed by atoms with Gasteiger partial charge in [0.25, 0.3) is 0 Å². The number of nitrogens with two attached hydrogens (primary N) is 1. The molecule has 0 aliphatic rings. The Bertz CT molecular complexity index is 440. The zero-order valence-electron chi connectivity index (χ0n) is 12.2. The fourth-order valence-electron chi connectivity index (χ4n) is 1.65. The van der Waals surface area contributed by atoms with E-state index in [1.165, 1.54) is 5.56 Å². The number of rotatable bonds is 6. The minimum atomic E-state index is -0.371. The summed E-state index contributed by atoms with van der Waals surface area (Å²) in [5.41, 5.74) is 6.53. The van der Waals surface area contributed by atoms with Crippen molar-refractivity contribution in [2.24, 2.45) is 16.3 Å². The minimum Gasteiger partial charge on any atom is -0.494 e. The Morgan fingerprint density at radius 1 is 1.42 bits per heavy atom. The molecule has 0 aliphatic carbocycles. The molecular formula is C15H24N2O2. The van der Waals surface area contributed by atoms with E-state index < -0.39 is 0 Å². The van der Waals surface area contributed by atoms with Crippen molar-refractivity contribution >= 4 is 5.84 Å². The number of hydrogen-bond donors (Lipinski definition) is 2. The maximum Gasteiger partial charge on any atom is 0.144 e. The molecule has 0 radical (unpaired) electrons. The molecule has 4 heteroatoms. The summed E-state index contributed by atoms with van der Waals surface area (Å²) in [6.45, 7) is 8.69. The first-order chi connectivity index (χ1) is 8.86. The summed E-state index contributed by atoms with van der Waals surface area (Å²) in [5, 5.41) is 11.8. The van der Waals surface area contributed by atoms with Crippen LogP contribution in [0.15, 0.2) is 29.4 Å². The fraction of sp³-hybridized carbons (Fsp3) is 0.533. The van der Waals surface area contributed by atoms with Crippen LogP contribution in [-0.4, -0.2) is 17.6 Å². The van der Waals surface area contributed by atoms with Gasteiger partial charge in [-0.05, 0) is 30.0 Å². The van der Waals surface area contributed by atoms with E-state index in [-0.39, 0.29) is 11.3 Å². The zero-order chi connectivity index (χ0) is 14.5. The number of amidine groups is 1. The topological polar surface area (TPSA) is 67.8 Å². The molecule has 3 N–H and O–H groups in total. The van der Waals surface area contributed by atoms with Gasteiger partial charge in [-0.15, -0.1) is 0 Å². The van der Waals surface area contributed by atoms with E-state index in [1.54, 1.807) is 0 Å². The maximum atomic E-state index is 8.71. The van der Waals surface area contributed by atoms with Crippen LogP contribution in [0.2, 0.25) is 0 Å². The third-order valence-electron chi connectivity index (χ3n) is 3.32. The molecule has 0 heterocycles. The summed E-state index contributed by atoms with van der Waals surface area (Å²) >= 11 is 0. The van der Waals surface area contributed by atoms with Crippen LogP contribution in [0, 0.1) is 5.41 Å². The summed E-state index contributed by atoms with van der Waals surface area (Å²) < 4.78 is 5.74. The number of benzene rings is 1. The highest BCUT2D eigenvalue weighted by Gasteiger charge is 2.23. The molecule has 0 unspecified atom stereocenters. The predicted molar refractivity (Wildman–Crippen MR) is 77.8 cm³/mol. The van der Waals surface area contributed by atoms with Crippen molar-refractivity contribution in [1.29, 1.82) is 0 Å². The Morgan fingerprint density at radius 3 is 2.68 bits per heavy atom. The van der Waals surface area contributed by atoms with E-state index in [9.17, 15) is 0 Å². The molecule has 1 aromatic rings. The van der Waals surface area contributed by atoms with Crippen molar-refractivity contribution in [3.05, 3.63) is 29.8 Å². The monoisotopic (exact) mass is 264 g/mol. The summed E-state index contributed by atoms with van der Waals surface area (Å²) in [5.74, 6) is 1.57. The van der Waals surface area contributed by atoms with Crippen molar-refractivity contribution in [2.45, 2.75) is 40.0 Å². The van der Waals surface area contributed by atoms with Gasteiger partial charge in [-0.25, -0.2) is 0 Å². The lowest BCUT2D eigenvalue weighted by molar-refractivity contribution is 0.259. The van der Waals surface area contributed by atoms with Gasteiger partial charge in [-0.1, -0.05) is 45.0 Å². The molecule has 0 fully saturated rings. The molecule has 106 valence electrons. The molecule has 0 saturated heterocycles. The Labute approximate surface area is 115 Å². The molecule has 1 aromatic carbocycles. The molecule has 1 rings (SSSR count). The molecule has 0 saturated carbocycles. The van der Waals surface area contributed by atoms with Crippen LogP contribution in [0.3, 0.4) is 0 Å². The van der Waals surface area contributed by atoms with Crippen LogP contribution >= 0.6 is 0 Å². The van der Waals surface area contributed by atoms with Crippen LogP contribution in [-0.2, 0) is 0 Å². The van der Waals surface area contributed by atoms with E-state index in [0.717, 1.165) is 5.75 Å². The number of hydrogen-bond acceptors (Lipinski definition) is 3. The molecule has 4 nitrogen and oxygen atoms in total. The highest BCUT2D eigenvalue weighted by atomic mass is 16.5. The van der Waals surface area contributed by atoms with Gasteiger partial charge in [0.05, 0.1) is 6.61 Å². The van der Waals surface area contributed by atoms with Gasteiger partial charge in [0, 0.05) is 5.41 Å². The zero-order valence-corrected chi connectivity index (χ0v) is 12.2. The van der Waals surface area contributed by atoms with Gasteiger partial charge >= 0.3 is 0 Å². The molecule has 0 aliphatic heterocycles. The quantitative estimate of drug-likeness (QED) is 0.358. The molecule has 0 bridgehead atoms. The average Bonchev–Trinajstić information content (AvgIpc) is 2.37. The smallest absolute Gasteiger partial charge is 0.144 e. The summed E-state index contributed by atoms with van der Waals surface area (Å²) in [6, 6.07) is 8.10. The summed E-state index contributed by atoms with van der Waals surface area (Å²) in [7, 11) is 0. The second kappa shape index (κ2) is 6.45. The molecule has 0 atom stereocenters. The standard InChI is InChI=1S/C15H24N2O2/c1-11(2)12-6-5-7-13(10-12)19-9-8-15(3,4)14(16)17-18/h5-7,10-11,18H,8-9H2,1-4H3,(H2,16,17). The predicted octanol–water partition coefficient (Wildman–Crippen LogP) is 3.35. The highest BCUT2D eigenvalue weighted by Crippen LogP contribution is 2.23. The first kappa shape index (κ1) is 15.3. The molecule has 0 amide bonds. The lowest BCUT2D eigenvalue weighted by atomic mass is 9.88. The molecule has 19 heavy (non-hydrogen) atoms. The number of oxime groups is 1. The van der Waals surface area contributed by atoms with Crippen LogP contribution in [0.4, 0.5) is 0 Å². The number of nitrogens with zero attached hydrogens (tertiary/aromatic N) is 1. The van der Waals surface area contributed by atoms with Crippen LogP contribution in [0.1, 0.15) is 45.6 Å². The van der Waals surface area contributed by atoms with E-state index in [1.807, 2.05) is 26.0 Å². The van der Waals surface area contributed by atoms with Gasteiger partial charge in [0.2, 0.25) is 0 Å². The largest absolute Gasteiger partial charge is 0.494 e. The van der Waals surface area contributed by atoms with Crippen molar-refractivity contribution in [1.82, 2.24) is 0 Å². The SMILES string of the molecule is CC(C)c1cccc(OCCC(C)(C)C(N)=NO)c1. The average molecular weight is 264 g/mol. The van der Waals surface area contributed by atoms with Crippen molar-refractivity contribution in [3.63, 3.8) is 0 Å². The normalized spacial score (nSPS) is 12.8.